The predicted molar refractivity (Wildman–Crippen MR) is 148 cm³/mol. The second-order valence-corrected chi connectivity index (χ2v) is 12.2. The number of nitrogens with zero attached hydrogens (tertiary/aromatic N) is 2. The van der Waals surface area contributed by atoms with E-state index in [0.717, 1.165) is 12.3 Å². The van der Waals surface area contributed by atoms with Crippen LogP contribution in [0.1, 0.15) is 36.6 Å². The van der Waals surface area contributed by atoms with Gasteiger partial charge in [-0.1, -0.05) is 56.3 Å². The van der Waals surface area contributed by atoms with E-state index in [1.54, 1.807) is 6.07 Å². The highest BCUT2D eigenvalue weighted by atomic mass is 32.2. The van der Waals surface area contributed by atoms with Crippen LogP contribution in [0.2, 0.25) is 0 Å². The van der Waals surface area contributed by atoms with E-state index in [0.29, 0.717) is 11.1 Å². The lowest BCUT2D eigenvalue weighted by Gasteiger charge is -2.42. The summed E-state index contributed by atoms with van der Waals surface area (Å²) in [6, 6.07) is 15.8. The summed E-state index contributed by atoms with van der Waals surface area (Å²) in [6.45, 7) is 2.88. The molecule has 0 heterocycles. The molecular weight excluding hydrogens is 572 g/mol. The van der Waals surface area contributed by atoms with Crippen molar-refractivity contribution in [1.29, 1.82) is 10.5 Å². The van der Waals surface area contributed by atoms with Crippen molar-refractivity contribution in [2.24, 2.45) is 17.6 Å². The van der Waals surface area contributed by atoms with Crippen molar-refractivity contribution in [3.63, 3.8) is 0 Å². The molecular formula is C30H28F4N4O3S. The number of halogens is 4. The van der Waals surface area contributed by atoms with E-state index in [2.05, 4.69) is 5.32 Å². The summed E-state index contributed by atoms with van der Waals surface area (Å²) in [5, 5.41) is 21.4. The monoisotopic (exact) mass is 600 g/mol. The lowest BCUT2D eigenvalue weighted by molar-refractivity contribution is -0.168. The maximum absolute atomic E-state index is 14.7. The van der Waals surface area contributed by atoms with Gasteiger partial charge in [0.25, 0.3) is 0 Å². The number of hydrogen-bond acceptors (Lipinski definition) is 6. The fourth-order valence-corrected chi connectivity index (χ4v) is 5.49. The SMILES string of the molecule is CC(C)C(N[C@@H](c1ccc(-c2ccc(S(C)(=O)=O)cc2)cc1)C(F)(F)F)(C(N)=O)[C@@H](C#N)Cc1ccc(C#N)cc1F. The van der Waals surface area contributed by atoms with Crippen LogP contribution in [0, 0.1) is 40.3 Å². The Labute approximate surface area is 241 Å². The Morgan fingerprint density at radius 2 is 1.52 bits per heavy atom. The molecule has 0 fully saturated rings. The highest BCUT2D eigenvalue weighted by molar-refractivity contribution is 7.90. The lowest BCUT2D eigenvalue weighted by atomic mass is 9.71. The molecule has 220 valence electrons. The van der Waals surface area contributed by atoms with Crippen LogP contribution in [0.5, 0.6) is 0 Å². The van der Waals surface area contributed by atoms with Gasteiger partial charge in [0.15, 0.2) is 9.84 Å². The molecule has 3 N–H and O–H groups in total. The summed E-state index contributed by atoms with van der Waals surface area (Å²) in [6.07, 6.45) is -4.33. The van der Waals surface area contributed by atoms with Crippen LogP contribution in [-0.2, 0) is 21.1 Å². The molecule has 0 saturated heterocycles. The molecule has 3 rings (SSSR count). The Kier molecular flexibility index (Phi) is 9.46. The Morgan fingerprint density at radius 1 is 0.976 bits per heavy atom. The molecule has 0 aromatic heterocycles. The molecule has 0 radical (unpaired) electrons. The summed E-state index contributed by atoms with van der Waals surface area (Å²) in [5.74, 6) is -4.51. The van der Waals surface area contributed by atoms with Crippen LogP contribution >= 0.6 is 0 Å². The Morgan fingerprint density at radius 3 is 1.93 bits per heavy atom. The first-order valence-electron chi connectivity index (χ1n) is 12.7. The average molecular weight is 601 g/mol. The maximum Gasteiger partial charge on any atom is 0.407 e. The molecule has 1 unspecified atom stereocenters. The number of benzene rings is 3. The van der Waals surface area contributed by atoms with Crippen molar-refractivity contribution in [3.05, 3.63) is 89.2 Å². The zero-order chi connectivity index (χ0) is 31.5. The van der Waals surface area contributed by atoms with Gasteiger partial charge in [-0.2, -0.15) is 23.7 Å². The molecule has 3 aromatic rings. The van der Waals surface area contributed by atoms with Gasteiger partial charge in [0.05, 0.1) is 28.5 Å². The molecule has 12 heteroatoms. The molecule has 0 aliphatic rings. The predicted octanol–water partition coefficient (Wildman–Crippen LogP) is 5.22. The van der Waals surface area contributed by atoms with Crippen LogP contribution in [-0.4, -0.2) is 32.3 Å². The minimum atomic E-state index is -4.94. The number of carbonyl (C=O) groups excluding carboxylic acids is 1. The van der Waals surface area contributed by atoms with Gasteiger partial charge in [-0.25, -0.2) is 12.8 Å². The average Bonchev–Trinajstić information content (AvgIpc) is 2.92. The molecule has 1 amide bonds. The molecule has 0 aliphatic heterocycles. The smallest absolute Gasteiger partial charge is 0.368 e. The third kappa shape index (κ3) is 6.78. The number of hydrogen-bond donors (Lipinski definition) is 2. The van der Waals surface area contributed by atoms with Gasteiger partial charge in [-0.15, -0.1) is 0 Å². The van der Waals surface area contributed by atoms with E-state index in [1.165, 1.54) is 74.5 Å². The second-order valence-electron chi connectivity index (χ2n) is 10.2. The van der Waals surface area contributed by atoms with Crippen LogP contribution in [0.15, 0.2) is 71.6 Å². The Hall–Kier alpha value is -4.26. The number of nitrogens with two attached hydrogens (primary N) is 1. The number of alkyl halides is 3. The fourth-order valence-electron chi connectivity index (χ4n) is 4.86. The van der Waals surface area contributed by atoms with Crippen LogP contribution in [0.3, 0.4) is 0 Å². The molecule has 0 aliphatic carbocycles. The van der Waals surface area contributed by atoms with Crippen molar-refractivity contribution in [2.75, 3.05) is 6.26 Å². The van der Waals surface area contributed by atoms with Gasteiger partial charge < -0.3 is 5.73 Å². The van der Waals surface area contributed by atoms with Gasteiger partial charge in [-0.3, -0.25) is 10.1 Å². The van der Waals surface area contributed by atoms with E-state index in [-0.39, 0.29) is 21.6 Å². The number of primary amides is 1. The normalized spacial score (nSPS) is 14.8. The van der Waals surface area contributed by atoms with Crippen molar-refractivity contribution < 1.29 is 30.8 Å². The quantitative estimate of drug-likeness (QED) is 0.306. The van der Waals surface area contributed by atoms with Gasteiger partial charge in [-0.05, 0) is 58.9 Å². The molecule has 3 atom stereocenters. The number of sulfone groups is 1. The van der Waals surface area contributed by atoms with E-state index in [9.17, 15) is 36.0 Å². The fraction of sp³-hybridized carbons (Fsp3) is 0.300. The van der Waals surface area contributed by atoms with E-state index in [1.807, 2.05) is 6.07 Å². The van der Waals surface area contributed by atoms with Gasteiger partial charge >= 0.3 is 6.18 Å². The minimum absolute atomic E-state index is 0.0137. The molecule has 7 nitrogen and oxygen atoms in total. The largest absolute Gasteiger partial charge is 0.407 e. The molecule has 0 spiro atoms. The first-order chi connectivity index (χ1) is 19.5. The van der Waals surface area contributed by atoms with Crippen molar-refractivity contribution in [3.8, 4) is 23.3 Å². The van der Waals surface area contributed by atoms with Crippen molar-refractivity contribution >= 4 is 15.7 Å². The molecule has 42 heavy (non-hydrogen) atoms. The Bertz CT molecular complexity index is 1640. The number of nitriles is 2. The van der Waals surface area contributed by atoms with Gasteiger partial charge in [0.1, 0.15) is 17.4 Å². The first kappa shape index (κ1) is 32.3. The zero-order valence-electron chi connectivity index (χ0n) is 22.9. The first-order valence-corrected chi connectivity index (χ1v) is 14.6. The van der Waals surface area contributed by atoms with Gasteiger partial charge in [0.2, 0.25) is 5.91 Å². The molecule has 0 saturated carbocycles. The third-order valence-corrected chi connectivity index (χ3v) is 8.33. The van der Waals surface area contributed by atoms with Crippen LogP contribution in [0.4, 0.5) is 17.6 Å². The van der Waals surface area contributed by atoms with E-state index >= 15 is 0 Å². The van der Waals surface area contributed by atoms with E-state index in [4.69, 9.17) is 11.0 Å². The van der Waals surface area contributed by atoms with Crippen LogP contribution in [0.25, 0.3) is 11.1 Å². The number of nitrogens with one attached hydrogen (secondary N) is 1. The summed E-state index contributed by atoms with van der Waals surface area (Å²) >= 11 is 0. The summed E-state index contributed by atoms with van der Waals surface area (Å²) in [7, 11) is -3.43. The Balaban J connectivity index is 2.04. The number of rotatable bonds is 10. The third-order valence-electron chi connectivity index (χ3n) is 7.20. The molecule has 0 bridgehead atoms. The minimum Gasteiger partial charge on any atom is -0.368 e. The van der Waals surface area contributed by atoms with Crippen LogP contribution < -0.4 is 11.1 Å². The summed E-state index contributed by atoms with van der Waals surface area (Å²) in [5.41, 5.74) is 4.21. The standard InChI is InChI=1S/C30H28F4N4O3S/c1-18(2)29(28(37)39,24(17-36)15-23-5-4-19(16-35)14-26(23)31)38-27(30(32,33)34)22-8-6-20(7-9-22)21-10-12-25(13-11-21)42(3,40)41/h4-14,18,24,27,38H,15H2,1-3H3,(H2,37,39)/t24-,27+,29?/m1/s1. The van der Waals surface area contributed by atoms with Crippen molar-refractivity contribution in [2.45, 2.75) is 42.9 Å². The summed E-state index contributed by atoms with van der Waals surface area (Å²) < 4.78 is 81.8. The van der Waals surface area contributed by atoms with Gasteiger partial charge in [0, 0.05) is 6.26 Å². The highest BCUT2D eigenvalue weighted by Gasteiger charge is 2.53. The second kappa shape index (κ2) is 12.3. The maximum atomic E-state index is 14.7. The van der Waals surface area contributed by atoms with E-state index < -0.39 is 57.6 Å². The number of amides is 1. The molecule has 3 aromatic carbocycles. The summed E-state index contributed by atoms with van der Waals surface area (Å²) in [4.78, 5) is 13.0. The van der Waals surface area contributed by atoms with Crippen molar-refractivity contribution in [1.82, 2.24) is 5.32 Å². The highest BCUT2D eigenvalue weighted by Crippen LogP contribution is 2.39. The zero-order valence-corrected chi connectivity index (χ0v) is 23.7. The topological polar surface area (TPSA) is 137 Å². The lowest BCUT2D eigenvalue weighted by Crippen LogP contribution is -2.66. The number of carbonyl (C=O) groups is 1.